The van der Waals surface area contributed by atoms with Gasteiger partial charge in [0, 0.05) is 13.0 Å². The van der Waals surface area contributed by atoms with Crippen molar-refractivity contribution >= 4 is 33.7 Å². The first kappa shape index (κ1) is 14.8. The molecular weight excluding hydrogens is 274 g/mol. The van der Waals surface area contributed by atoms with Crippen molar-refractivity contribution in [2.75, 3.05) is 17.6 Å². The van der Waals surface area contributed by atoms with Crippen LogP contribution in [-0.2, 0) is 0 Å². The standard InChI is InChI=1S/C14H21N3O2S/c1-3-8(18)11-10(15)9(12(16)19)13(20-11)17-7-14(4-2)5-6-14/h17H,3-7,15H2,1-2H3,(H2,16,19). The van der Waals surface area contributed by atoms with Crippen molar-refractivity contribution in [2.45, 2.75) is 39.5 Å². The first-order valence-corrected chi connectivity index (χ1v) is 7.75. The van der Waals surface area contributed by atoms with Gasteiger partial charge in [0.25, 0.3) is 5.91 Å². The molecule has 0 radical (unpaired) electrons. The van der Waals surface area contributed by atoms with Gasteiger partial charge in [0.15, 0.2) is 5.78 Å². The highest BCUT2D eigenvalue weighted by Gasteiger charge is 2.40. The molecule has 1 aromatic heterocycles. The molecule has 1 aromatic rings. The molecule has 1 aliphatic rings. The minimum Gasteiger partial charge on any atom is -0.397 e. The number of thiophene rings is 1. The maximum Gasteiger partial charge on any atom is 0.253 e. The van der Waals surface area contributed by atoms with E-state index in [0.29, 0.717) is 21.7 Å². The third-order valence-corrected chi connectivity index (χ3v) is 5.30. The fourth-order valence-corrected chi connectivity index (χ4v) is 3.41. The second-order valence-corrected chi connectivity index (χ2v) is 6.42. The van der Waals surface area contributed by atoms with Crippen molar-refractivity contribution in [3.05, 3.63) is 10.4 Å². The number of anilines is 2. The van der Waals surface area contributed by atoms with Gasteiger partial charge in [-0.05, 0) is 24.7 Å². The van der Waals surface area contributed by atoms with Gasteiger partial charge in [-0.2, -0.15) is 0 Å². The number of carbonyl (C=O) groups excluding carboxylic acids is 2. The van der Waals surface area contributed by atoms with Crippen molar-refractivity contribution in [2.24, 2.45) is 11.1 Å². The first-order chi connectivity index (χ1) is 9.44. The molecule has 20 heavy (non-hydrogen) atoms. The van der Waals surface area contributed by atoms with E-state index in [0.717, 1.165) is 13.0 Å². The second-order valence-electron chi connectivity index (χ2n) is 5.40. The summed E-state index contributed by atoms with van der Waals surface area (Å²) in [6.07, 6.45) is 3.86. The summed E-state index contributed by atoms with van der Waals surface area (Å²) in [6.45, 7) is 4.73. The number of hydrogen-bond donors (Lipinski definition) is 3. The maximum absolute atomic E-state index is 11.8. The number of rotatable bonds is 7. The third-order valence-electron chi connectivity index (χ3n) is 4.10. The Morgan fingerprint density at radius 1 is 1.35 bits per heavy atom. The topological polar surface area (TPSA) is 98.2 Å². The lowest BCUT2D eigenvalue weighted by molar-refractivity contribution is 0.0991. The van der Waals surface area contributed by atoms with E-state index in [-0.39, 0.29) is 17.0 Å². The molecule has 0 unspecified atom stereocenters. The molecule has 1 fully saturated rings. The van der Waals surface area contributed by atoms with Gasteiger partial charge in [-0.3, -0.25) is 9.59 Å². The average molecular weight is 295 g/mol. The number of Topliss-reactive ketones (excluding diaryl/α,β-unsaturated/α-hetero) is 1. The van der Waals surface area contributed by atoms with E-state index in [2.05, 4.69) is 12.2 Å². The van der Waals surface area contributed by atoms with Crippen LogP contribution in [-0.4, -0.2) is 18.2 Å². The monoisotopic (exact) mass is 295 g/mol. The van der Waals surface area contributed by atoms with Crippen LogP contribution in [0.5, 0.6) is 0 Å². The fourth-order valence-electron chi connectivity index (χ4n) is 2.28. The fraction of sp³-hybridized carbons (Fsp3) is 0.571. The lowest BCUT2D eigenvalue weighted by Gasteiger charge is -2.13. The van der Waals surface area contributed by atoms with Gasteiger partial charge in [0.2, 0.25) is 0 Å². The van der Waals surface area contributed by atoms with Crippen LogP contribution in [0.1, 0.15) is 59.6 Å². The van der Waals surface area contributed by atoms with Crippen molar-refractivity contribution in [3.63, 3.8) is 0 Å². The molecule has 6 heteroatoms. The van der Waals surface area contributed by atoms with Gasteiger partial charge in [-0.15, -0.1) is 11.3 Å². The Bertz CT molecular complexity index is 547. The highest BCUT2D eigenvalue weighted by atomic mass is 32.1. The Morgan fingerprint density at radius 2 is 2.00 bits per heavy atom. The Hall–Kier alpha value is -1.56. The molecule has 0 saturated heterocycles. The van der Waals surface area contributed by atoms with Crippen LogP contribution in [0.3, 0.4) is 0 Å². The summed E-state index contributed by atoms with van der Waals surface area (Å²) in [5, 5.41) is 3.90. The lowest BCUT2D eigenvalue weighted by Crippen LogP contribution is -2.18. The van der Waals surface area contributed by atoms with E-state index < -0.39 is 5.91 Å². The molecule has 5 nitrogen and oxygen atoms in total. The van der Waals surface area contributed by atoms with Crippen molar-refractivity contribution < 1.29 is 9.59 Å². The van der Waals surface area contributed by atoms with Crippen LogP contribution in [0.4, 0.5) is 10.7 Å². The van der Waals surface area contributed by atoms with Crippen LogP contribution in [0, 0.1) is 5.41 Å². The molecule has 0 atom stereocenters. The highest BCUT2D eigenvalue weighted by Crippen LogP contribution is 2.49. The summed E-state index contributed by atoms with van der Waals surface area (Å²) in [5.74, 6) is -0.641. The highest BCUT2D eigenvalue weighted by molar-refractivity contribution is 7.19. The minimum absolute atomic E-state index is 0.0559. The van der Waals surface area contributed by atoms with E-state index in [9.17, 15) is 9.59 Å². The number of nitrogens with one attached hydrogen (secondary N) is 1. The molecule has 0 aliphatic heterocycles. The molecule has 1 aliphatic carbocycles. The predicted octanol–water partition coefficient (Wildman–Crippen LogP) is 2.62. The van der Waals surface area contributed by atoms with E-state index >= 15 is 0 Å². The maximum atomic E-state index is 11.8. The Morgan fingerprint density at radius 3 is 2.45 bits per heavy atom. The van der Waals surface area contributed by atoms with Gasteiger partial charge in [-0.25, -0.2) is 0 Å². The summed E-state index contributed by atoms with van der Waals surface area (Å²) in [6, 6.07) is 0. The summed E-state index contributed by atoms with van der Waals surface area (Å²) in [7, 11) is 0. The van der Waals surface area contributed by atoms with E-state index in [4.69, 9.17) is 11.5 Å². The average Bonchev–Trinajstić information content (AvgIpc) is 3.13. The molecular formula is C14H21N3O2S. The van der Waals surface area contributed by atoms with Crippen LogP contribution >= 0.6 is 11.3 Å². The largest absolute Gasteiger partial charge is 0.397 e. The minimum atomic E-state index is -0.585. The summed E-state index contributed by atoms with van der Waals surface area (Å²) < 4.78 is 0. The van der Waals surface area contributed by atoms with Gasteiger partial charge >= 0.3 is 0 Å². The zero-order chi connectivity index (χ0) is 14.9. The quantitative estimate of drug-likeness (QED) is 0.673. The zero-order valence-electron chi connectivity index (χ0n) is 11.9. The number of amides is 1. The smallest absolute Gasteiger partial charge is 0.253 e. The molecule has 0 bridgehead atoms. The van der Waals surface area contributed by atoms with Crippen molar-refractivity contribution in [1.82, 2.24) is 0 Å². The Kier molecular flexibility index (Phi) is 4.04. The predicted molar refractivity (Wildman–Crippen MR) is 82.3 cm³/mol. The molecule has 1 saturated carbocycles. The molecule has 5 N–H and O–H groups in total. The van der Waals surface area contributed by atoms with Gasteiger partial charge in [0.05, 0.1) is 16.1 Å². The van der Waals surface area contributed by atoms with Crippen LogP contribution in [0.2, 0.25) is 0 Å². The molecule has 0 spiro atoms. The van der Waals surface area contributed by atoms with Crippen molar-refractivity contribution in [1.29, 1.82) is 0 Å². The molecule has 110 valence electrons. The van der Waals surface area contributed by atoms with Gasteiger partial charge < -0.3 is 16.8 Å². The van der Waals surface area contributed by atoms with Crippen LogP contribution in [0.25, 0.3) is 0 Å². The number of nitrogens with two attached hydrogens (primary N) is 2. The number of carbonyl (C=O) groups is 2. The molecule has 2 rings (SSSR count). The molecule has 1 amide bonds. The Balaban J connectivity index is 2.26. The number of hydrogen-bond acceptors (Lipinski definition) is 5. The molecule has 1 heterocycles. The number of nitrogen functional groups attached to an aromatic ring is 1. The van der Waals surface area contributed by atoms with Crippen LogP contribution < -0.4 is 16.8 Å². The molecule has 0 aromatic carbocycles. The normalized spacial score (nSPS) is 15.9. The lowest BCUT2D eigenvalue weighted by atomic mass is 10.0. The summed E-state index contributed by atoms with van der Waals surface area (Å²) in [4.78, 5) is 23.9. The Labute approximate surface area is 122 Å². The van der Waals surface area contributed by atoms with E-state index in [1.807, 2.05) is 0 Å². The zero-order valence-corrected chi connectivity index (χ0v) is 12.7. The summed E-state index contributed by atoms with van der Waals surface area (Å²) in [5.41, 5.74) is 12.1. The van der Waals surface area contributed by atoms with Gasteiger partial charge in [0.1, 0.15) is 5.00 Å². The third kappa shape index (κ3) is 2.65. The number of primary amides is 1. The van der Waals surface area contributed by atoms with Crippen molar-refractivity contribution in [3.8, 4) is 0 Å². The summed E-state index contributed by atoms with van der Waals surface area (Å²) >= 11 is 1.24. The van der Waals surface area contributed by atoms with Gasteiger partial charge in [-0.1, -0.05) is 13.8 Å². The second kappa shape index (κ2) is 5.44. The first-order valence-electron chi connectivity index (χ1n) is 6.93. The van der Waals surface area contributed by atoms with Crippen LogP contribution in [0.15, 0.2) is 0 Å². The van der Waals surface area contributed by atoms with E-state index in [1.165, 1.54) is 24.2 Å². The number of ketones is 1. The van der Waals surface area contributed by atoms with E-state index in [1.54, 1.807) is 6.92 Å². The SMILES string of the molecule is CCC(=O)c1sc(NCC2(CC)CC2)c(C(N)=O)c1N.